The van der Waals surface area contributed by atoms with Gasteiger partial charge in [-0.1, -0.05) is 6.08 Å². The summed E-state index contributed by atoms with van der Waals surface area (Å²) in [6, 6.07) is 0. The second kappa shape index (κ2) is 3.51. The molecule has 0 fully saturated rings. The number of aliphatic imine (C=N–C) groups is 1. The maximum absolute atomic E-state index is 4.33. The van der Waals surface area contributed by atoms with E-state index < -0.39 is 0 Å². The highest BCUT2D eigenvalue weighted by molar-refractivity contribution is 5.57. The summed E-state index contributed by atoms with van der Waals surface area (Å²) in [7, 11) is 0. The average molecular weight is 149 g/mol. The van der Waals surface area contributed by atoms with Gasteiger partial charge in [-0.3, -0.25) is 4.99 Å². The van der Waals surface area contributed by atoms with Crippen molar-refractivity contribution in [1.82, 2.24) is 0 Å². The van der Waals surface area contributed by atoms with E-state index in [2.05, 4.69) is 24.9 Å². The molecule has 0 bridgehead atoms. The Morgan fingerprint density at radius 3 is 2.73 bits per heavy atom. The van der Waals surface area contributed by atoms with Crippen molar-refractivity contribution in [2.45, 2.75) is 33.6 Å². The Kier molecular flexibility index (Phi) is 2.64. The topological polar surface area (TPSA) is 12.4 Å². The van der Waals surface area contributed by atoms with Crippen molar-refractivity contribution in [2.75, 3.05) is 0 Å². The predicted molar refractivity (Wildman–Crippen MR) is 49.9 cm³/mol. The van der Waals surface area contributed by atoms with E-state index in [4.69, 9.17) is 0 Å². The zero-order valence-corrected chi connectivity index (χ0v) is 7.52. The highest BCUT2D eigenvalue weighted by Crippen LogP contribution is 2.24. The normalized spacial score (nSPS) is 19.4. The third kappa shape index (κ3) is 1.79. The number of hydrogen-bond donors (Lipinski definition) is 0. The highest BCUT2D eigenvalue weighted by Gasteiger charge is 2.06. The van der Waals surface area contributed by atoms with Crippen LogP contribution in [0.5, 0.6) is 0 Å². The molecule has 1 rings (SSSR count). The zero-order chi connectivity index (χ0) is 8.27. The van der Waals surface area contributed by atoms with Gasteiger partial charge < -0.3 is 0 Å². The Hall–Kier alpha value is -0.850. The molecule has 0 radical (unpaired) electrons. The number of hydrogen-bond acceptors (Lipinski definition) is 1. The Balaban J connectivity index is 2.94. The molecule has 11 heavy (non-hydrogen) atoms. The van der Waals surface area contributed by atoms with Crippen molar-refractivity contribution in [2.24, 2.45) is 4.99 Å². The van der Waals surface area contributed by atoms with Gasteiger partial charge in [-0.25, -0.2) is 0 Å². The monoisotopic (exact) mass is 149 g/mol. The summed E-state index contributed by atoms with van der Waals surface area (Å²) < 4.78 is 0. The van der Waals surface area contributed by atoms with E-state index in [0.717, 1.165) is 0 Å². The molecule has 0 saturated heterocycles. The molecule has 0 aromatic heterocycles. The van der Waals surface area contributed by atoms with E-state index in [1.165, 1.54) is 29.7 Å². The Morgan fingerprint density at radius 1 is 1.45 bits per heavy atom. The van der Waals surface area contributed by atoms with Crippen LogP contribution in [0.25, 0.3) is 0 Å². The van der Waals surface area contributed by atoms with Crippen LogP contribution >= 0.6 is 0 Å². The molecule has 0 spiro atoms. The van der Waals surface area contributed by atoms with Crippen molar-refractivity contribution >= 4 is 6.21 Å². The molecule has 0 aromatic rings. The maximum Gasteiger partial charge on any atom is 0.0640 e. The molecule has 1 aliphatic rings. The van der Waals surface area contributed by atoms with Crippen LogP contribution < -0.4 is 0 Å². The van der Waals surface area contributed by atoms with Crippen molar-refractivity contribution < 1.29 is 0 Å². The second-order valence-corrected chi connectivity index (χ2v) is 2.94. The van der Waals surface area contributed by atoms with Crippen molar-refractivity contribution in [3.05, 3.63) is 22.9 Å². The van der Waals surface area contributed by atoms with Crippen LogP contribution in [0.3, 0.4) is 0 Å². The van der Waals surface area contributed by atoms with Crippen molar-refractivity contribution in [3.63, 3.8) is 0 Å². The van der Waals surface area contributed by atoms with Gasteiger partial charge in [-0.2, -0.15) is 0 Å². The van der Waals surface area contributed by atoms with Crippen LogP contribution in [-0.4, -0.2) is 6.21 Å². The fourth-order valence-corrected chi connectivity index (χ4v) is 1.40. The minimum Gasteiger partial charge on any atom is -0.261 e. The largest absolute Gasteiger partial charge is 0.261 e. The van der Waals surface area contributed by atoms with E-state index in [-0.39, 0.29) is 0 Å². The smallest absolute Gasteiger partial charge is 0.0640 e. The SMILES string of the molecule is CC=NC1=C(C)CCC=C1C. The van der Waals surface area contributed by atoms with E-state index >= 15 is 0 Å². The van der Waals surface area contributed by atoms with Crippen molar-refractivity contribution in [1.29, 1.82) is 0 Å². The quantitative estimate of drug-likeness (QED) is 0.508. The van der Waals surface area contributed by atoms with Gasteiger partial charge in [0.05, 0.1) is 5.70 Å². The molecule has 60 valence electrons. The van der Waals surface area contributed by atoms with Gasteiger partial charge >= 0.3 is 0 Å². The predicted octanol–water partition coefficient (Wildman–Crippen LogP) is 3.09. The van der Waals surface area contributed by atoms with Crippen molar-refractivity contribution in [3.8, 4) is 0 Å². The summed E-state index contributed by atoms with van der Waals surface area (Å²) in [6.07, 6.45) is 6.47. The second-order valence-electron chi connectivity index (χ2n) is 2.94. The molecule has 0 aromatic carbocycles. The van der Waals surface area contributed by atoms with Gasteiger partial charge in [0.2, 0.25) is 0 Å². The molecule has 0 amide bonds. The fraction of sp³-hybridized carbons (Fsp3) is 0.500. The lowest BCUT2D eigenvalue weighted by molar-refractivity contribution is 0.911. The summed E-state index contributed by atoms with van der Waals surface area (Å²) in [5, 5.41) is 0. The van der Waals surface area contributed by atoms with Crippen LogP contribution in [0, 0.1) is 0 Å². The first-order valence-corrected chi connectivity index (χ1v) is 4.11. The van der Waals surface area contributed by atoms with Crippen LogP contribution in [0.1, 0.15) is 33.6 Å². The summed E-state index contributed by atoms with van der Waals surface area (Å²) in [5.74, 6) is 0. The molecule has 0 atom stereocenters. The minimum atomic E-state index is 1.17. The molecular formula is C10H15N. The van der Waals surface area contributed by atoms with E-state index in [1.54, 1.807) is 0 Å². The van der Waals surface area contributed by atoms with E-state index in [9.17, 15) is 0 Å². The average Bonchev–Trinajstić information content (AvgIpc) is 1.97. The summed E-state index contributed by atoms with van der Waals surface area (Å²) >= 11 is 0. The Morgan fingerprint density at radius 2 is 2.18 bits per heavy atom. The first kappa shape index (κ1) is 8.25. The van der Waals surface area contributed by atoms with E-state index in [1.807, 2.05) is 13.1 Å². The molecule has 0 aliphatic heterocycles. The van der Waals surface area contributed by atoms with Gasteiger partial charge in [0, 0.05) is 6.21 Å². The number of allylic oxidation sites excluding steroid dienone is 3. The van der Waals surface area contributed by atoms with Gasteiger partial charge in [0.1, 0.15) is 0 Å². The number of rotatable bonds is 1. The molecule has 1 nitrogen and oxygen atoms in total. The third-order valence-electron chi connectivity index (χ3n) is 2.01. The summed E-state index contributed by atoms with van der Waals surface area (Å²) in [5.41, 5.74) is 3.94. The molecule has 0 N–H and O–H groups in total. The van der Waals surface area contributed by atoms with Crippen LogP contribution in [-0.2, 0) is 0 Å². The fourth-order valence-electron chi connectivity index (χ4n) is 1.40. The van der Waals surface area contributed by atoms with Crippen LogP contribution in [0.4, 0.5) is 0 Å². The maximum atomic E-state index is 4.33. The third-order valence-corrected chi connectivity index (χ3v) is 2.01. The Labute approximate surface area is 68.5 Å². The highest BCUT2D eigenvalue weighted by atomic mass is 14.7. The van der Waals surface area contributed by atoms with Crippen LogP contribution in [0.2, 0.25) is 0 Å². The van der Waals surface area contributed by atoms with Gasteiger partial charge in [-0.05, 0) is 44.8 Å². The number of nitrogens with zero attached hydrogens (tertiary/aromatic N) is 1. The summed E-state index contributed by atoms with van der Waals surface area (Å²) in [6.45, 7) is 6.26. The standard InChI is InChI=1S/C10H15N/c1-4-11-10-8(2)6-5-7-9(10)3/h4,6H,5,7H2,1-3H3. The lowest BCUT2D eigenvalue weighted by Crippen LogP contribution is -1.94. The zero-order valence-electron chi connectivity index (χ0n) is 7.52. The minimum absolute atomic E-state index is 1.17. The van der Waals surface area contributed by atoms with E-state index in [0.29, 0.717) is 0 Å². The summed E-state index contributed by atoms with van der Waals surface area (Å²) in [4.78, 5) is 4.33. The lowest BCUT2D eigenvalue weighted by atomic mass is 9.98. The van der Waals surface area contributed by atoms with Gasteiger partial charge in [-0.15, -0.1) is 0 Å². The molecule has 1 aliphatic carbocycles. The van der Waals surface area contributed by atoms with Gasteiger partial charge in [0.15, 0.2) is 0 Å². The Bertz CT molecular complexity index is 231. The molecular weight excluding hydrogens is 134 g/mol. The molecule has 0 saturated carbocycles. The first-order valence-electron chi connectivity index (χ1n) is 4.11. The molecule has 0 heterocycles. The van der Waals surface area contributed by atoms with Crippen LogP contribution in [0.15, 0.2) is 27.9 Å². The first-order chi connectivity index (χ1) is 5.25. The molecule has 0 unspecified atom stereocenters. The van der Waals surface area contributed by atoms with Gasteiger partial charge in [0.25, 0.3) is 0 Å². The lowest BCUT2D eigenvalue weighted by Gasteiger charge is -2.12. The molecule has 1 heteroatoms.